The average Bonchev–Trinajstić information content (AvgIpc) is 3.26. The number of likely N-dealkylation sites (N-methyl/N-ethyl adjacent to an activating group) is 1. The maximum Gasteiger partial charge on any atom is 0.330 e. The molecular weight excluding hydrogens is 523 g/mol. The molecule has 1 atom stereocenters. The number of nitrogens with zero attached hydrogens (tertiary/aromatic N) is 3. The zero-order valence-electron chi connectivity index (χ0n) is 20.4. The van der Waals surface area contributed by atoms with Crippen molar-refractivity contribution in [2.75, 3.05) is 22.8 Å². The number of aryl methyl sites for hydroxylation is 1. The first-order valence-electron chi connectivity index (χ1n) is 11.5. The standard InChI is InChI=1S/C25H24F3N5O4S/c1-15-8-18(26)14-21(9-15)32(2)24(34)22(12-16-10-19(27)13-20(28)11-16)30-25(35)31-38(36,37)33-7-5-17-4-3-6-29-23(17)33/h3-4,6,8-11,13-14,22H,5,7,12H2,1-2H3,(H2,30,31,35)/t22-/m0/s1. The van der Waals surface area contributed by atoms with E-state index in [9.17, 15) is 31.2 Å². The fraction of sp³-hybridized carbons (Fsp3) is 0.240. The van der Waals surface area contributed by atoms with Crippen LogP contribution in [0.3, 0.4) is 0 Å². The molecule has 2 heterocycles. The van der Waals surface area contributed by atoms with Gasteiger partial charge >= 0.3 is 16.2 Å². The minimum Gasteiger partial charge on any atom is -0.325 e. The van der Waals surface area contributed by atoms with Crippen LogP contribution in [0.4, 0.5) is 29.5 Å². The lowest BCUT2D eigenvalue weighted by Gasteiger charge is -2.26. The second-order valence-corrected chi connectivity index (χ2v) is 10.4. The number of fused-ring (bicyclic) bond motifs is 1. The third kappa shape index (κ3) is 6.05. The lowest BCUT2D eigenvalue weighted by atomic mass is 10.0. The monoisotopic (exact) mass is 547 g/mol. The molecule has 0 unspecified atom stereocenters. The molecule has 9 nitrogen and oxygen atoms in total. The van der Waals surface area contributed by atoms with Crippen molar-refractivity contribution in [2.24, 2.45) is 0 Å². The summed E-state index contributed by atoms with van der Waals surface area (Å²) in [6.07, 6.45) is 1.44. The number of amides is 3. The predicted molar refractivity (Wildman–Crippen MR) is 134 cm³/mol. The molecule has 1 aromatic heterocycles. The van der Waals surface area contributed by atoms with Gasteiger partial charge in [0.05, 0.1) is 0 Å². The summed E-state index contributed by atoms with van der Waals surface area (Å²) in [5.41, 5.74) is 1.41. The topological polar surface area (TPSA) is 112 Å². The van der Waals surface area contributed by atoms with Crippen molar-refractivity contribution < 1.29 is 31.2 Å². The van der Waals surface area contributed by atoms with Crippen molar-refractivity contribution in [3.05, 3.63) is 88.9 Å². The van der Waals surface area contributed by atoms with Gasteiger partial charge in [0.25, 0.3) is 0 Å². The number of hydrogen-bond donors (Lipinski definition) is 2. The Morgan fingerprint density at radius 3 is 2.45 bits per heavy atom. The van der Waals surface area contributed by atoms with E-state index in [4.69, 9.17) is 0 Å². The number of aromatic nitrogens is 1. The molecule has 38 heavy (non-hydrogen) atoms. The molecule has 1 aliphatic rings. The number of rotatable bonds is 7. The second-order valence-electron chi connectivity index (χ2n) is 8.81. The minimum absolute atomic E-state index is 0.0329. The highest BCUT2D eigenvalue weighted by molar-refractivity contribution is 7.91. The summed E-state index contributed by atoms with van der Waals surface area (Å²) in [6.45, 7) is 1.68. The molecule has 1 aliphatic heterocycles. The van der Waals surface area contributed by atoms with E-state index in [0.717, 1.165) is 27.4 Å². The molecule has 0 aliphatic carbocycles. The highest BCUT2D eigenvalue weighted by atomic mass is 32.2. The first-order valence-corrected chi connectivity index (χ1v) is 12.9. The van der Waals surface area contributed by atoms with E-state index in [1.54, 1.807) is 19.1 Å². The van der Waals surface area contributed by atoms with Gasteiger partial charge in [0, 0.05) is 38.0 Å². The van der Waals surface area contributed by atoms with Crippen LogP contribution in [-0.2, 0) is 27.8 Å². The molecule has 3 amide bonds. The Balaban J connectivity index is 1.57. The predicted octanol–water partition coefficient (Wildman–Crippen LogP) is 2.99. The van der Waals surface area contributed by atoms with Crippen LogP contribution >= 0.6 is 0 Å². The number of carbonyl (C=O) groups is 2. The summed E-state index contributed by atoms with van der Waals surface area (Å²) in [5.74, 6) is -2.99. The number of carbonyl (C=O) groups excluding carboxylic acids is 2. The molecule has 0 spiro atoms. The van der Waals surface area contributed by atoms with Crippen molar-refractivity contribution in [2.45, 2.75) is 25.8 Å². The van der Waals surface area contributed by atoms with Crippen LogP contribution in [0.1, 0.15) is 16.7 Å². The van der Waals surface area contributed by atoms with E-state index in [2.05, 4.69) is 10.3 Å². The van der Waals surface area contributed by atoms with Gasteiger partial charge in [-0.05, 0) is 66.4 Å². The van der Waals surface area contributed by atoms with Crippen LogP contribution < -0.4 is 19.2 Å². The van der Waals surface area contributed by atoms with Crippen molar-refractivity contribution in [1.29, 1.82) is 0 Å². The van der Waals surface area contributed by atoms with E-state index in [1.807, 2.05) is 4.72 Å². The van der Waals surface area contributed by atoms with Gasteiger partial charge in [-0.1, -0.05) is 6.07 Å². The van der Waals surface area contributed by atoms with Gasteiger partial charge in [0.2, 0.25) is 5.91 Å². The SMILES string of the molecule is Cc1cc(F)cc(N(C)C(=O)[C@H](Cc2cc(F)cc(F)c2)NC(=O)NS(=O)(=O)N2CCc3cccnc32)c1. The highest BCUT2D eigenvalue weighted by Gasteiger charge is 2.33. The van der Waals surface area contributed by atoms with Gasteiger partial charge in [-0.25, -0.2) is 32.0 Å². The fourth-order valence-corrected chi connectivity index (χ4v) is 5.34. The smallest absolute Gasteiger partial charge is 0.325 e. The van der Waals surface area contributed by atoms with Gasteiger partial charge in [-0.3, -0.25) is 4.79 Å². The van der Waals surface area contributed by atoms with Gasteiger partial charge in [0.15, 0.2) is 0 Å². The van der Waals surface area contributed by atoms with Gasteiger partial charge in [-0.2, -0.15) is 8.42 Å². The maximum atomic E-state index is 14.0. The Bertz CT molecular complexity index is 1460. The maximum absolute atomic E-state index is 14.0. The molecule has 0 saturated carbocycles. The molecule has 13 heteroatoms. The van der Waals surface area contributed by atoms with E-state index in [0.29, 0.717) is 23.6 Å². The third-order valence-electron chi connectivity index (χ3n) is 5.91. The number of nitrogens with one attached hydrogen (secondary N) is 2. The lowest BCUT2D eigenvalue weighted by Crippen LogP contribution is -2.54. The Hall–Kier alpha value is -4.13. The fourth-order valence-electron chi connectivity index (χ4n) is 4.21. The summed E-state index contributed by atoms with van der Waals surface area (Å²) in [4.78, 5) is 31.3. The summed E-state index contributed by atoms with van der Waals surface area (Å²) >= 11 is 0. The molecule has 3 aromatic rings. The van der Waals surface area contributed by atoms with Crippen LogP contribution in [0.15, 0.2) is 54.7 Å². The Labute approximate surface area is 217 Å². The lowest BCUT2D eigenvalue weighted by molar-refractivity contribution is -0.120. The zero-order chi connectivity index (χ0) is 27.6. The molecule has 200 valence electrons. The van der Waals surface area contributed by atoms with Gasteiger partial charge in [-0.15, -0.1) is 0 Å². The third-order valence-corrected chi connectivity index (χ3v) is 7.29. The zero-order valence-corrected chi connectivity index (χ0v) is 21.2. The molecule has 0 bridgehead atoms. The van der Waals surface area contributed by atoms with E-state index in [-0.39, 0.29) is 30.0 Å². The Morgan fingerprint density at radius 1 is 1.08 bits per heavy atom. The molecule has 0 fully saturated rings. The van der Waals surface area contributed by atoms with Crippen molar-refractivity contribution in [1.82, 2.24) is 15.0 Å². The van der Waals surface area contributed by atoms with Crippen LogP contribution in [0.5, 0.6) is 0 Å². The quantitative estimate of drug-likeness (QED) is 0.473. The molecule has 2 N–H and O–H groups in total. The van der Waals surface area contributed by atoms with Crippen LogP contribution in [-0.4, -0.2) is 45.0 Å². The number of halogens is 3. The number of urea groups is 1. The van der Waals surface area contributed by atoms with Crippen LogP contribution in [0, 0.1) is 24.4 Å². The summed E-state index contributed by atoms with van der Waals surface area (Å²) in [7, 11) is -3.07. The van der Waals surface area contributed by atoms with Gasteiger partial charge in [0.1, 0.15) is 29.3 Å². The van der Waals surface area contributed by atoms with Crippen molar-refractivity contribution in [3.63, 3.8) is 0 Å². The van der Waals surface area contributed by atoms with Gasteiger partial charge < -0.3 is 10.2 Å². The number of pyridine rings is 1. The first kappa shape index (κ1) is 26.9. The number of hydrogen-bond acceptors (Lipinski definition) is 5. The molecule has 4 rings (SSSR count). The average molecular weight is 548 g/mol. The minimum atomic E-state index is -4.40. The van der Waals surface area contributed by atoms with Crippen molar-refractivity contribution >= 4 is 33.7 Å². The first-order chi connectivity index (χ1) is 17.9. The van der Waals surface area contributed by atoms with Crippen LogP contribution in [0.2, 0.25) is 0 Å². The molecule has 0 saturated heterocycles. The summed E-state index contributed by atoms with van der Waals surface area (Å²) in [6, 6.07) is 7.18. The normalized spacial score (nSPS) is 13.6. The van der Waals surface area contributed by atoms with E-state index < -0.39 is 45.6 Å². The number of anilines is 2. The second kappa shape index (κ2) is 10.7. The molecular formula is C25H24F3N5O4S. The molecule has 2 aromatic carbocycles. The van der Waals surface area contributed by atoms with Crippen LogP contribution in [0.25, 0.3) is 0 Å². The Morgan fingerprint density at radius 2 is 1.76 bits per heavy atom. The molecule has 0 radical (unpaired) electrons. The summed E-state index contributed by atoms with van der Waals surface area (Å²) < 4.78 is 70.2. The van der Waals surface area contributed by atoms with Crippen molar-refractivity contribution in [3.8, 4) is 0 Å². The Kier molecular flexibility index (Phi) is 7.58. The highest BCUT2D eigenvalue weighted by Crippen LogP contribution is 2.26. The number of benzene rings is 2. The van der Waals surface area contributed by atoms with E-state index >= 15 is 0 Å². The van der Waals surface area contributed by atoms with E-state index in [1.165, 1.54) is 25.4 Å². The summed E-state index contributed by atoms with van der Waals surface area (Å²) in [5, 5.41) is 2.28. The largest absolute Gasteiger partial charge is 0.330 e.